The number of nitro groups is 1. The molecule has 1 N–H and O–H groups in total. The van der Waals surface area contributed by atoms with Crippen molar-refractivity contribution in [3.05, 3.63) is 39.4 Å². The van der Waals surface area contributed by atoms with Gasteiger partial charge in [-0.1, -0.05) is 12.1 Å². The van der Waals surface area contributed by atoms with Crippen molar-refractivity contribution < 1.29 is 18.1 Å². The predicted octanol–water partition coefficient (Wildman–Crippen LogP) is 0.0798. The van der Waals surface area contributed by atoms with Gasteiger partial charge in [-0.05, 0) is 12.5 Å². The molecule has 0 bridgehead atoms. The molecule has 1 aliphatic rings. The van der Waals surface area contributed by atoms with Gasteiger partial charge in [0.1, 0.15) is 0 Å². The highest BCUT2D eigenvalue weighted by molar-refractivity contribution is 7.88. The lowest BCUT2D eigenvalue weighted by Gasteiger charge is -2.13. The van der Waals surface area contributed by atoms with E-state index in [4.69, 9.17) is 0 Å². The van der Waals surface area contributed by atoms with Crippen LogP contribution in [-0.2, 0) is 21.5 Å². The number of hydrogen-bond acceptors (Lipinski definition) is 5. The summed E-state index contributed by atoms with van der Waals surface area (Å²) in [5.41, 5.74) is 0.810. The molecule has 9 heteroatoms. The third-order valence-corrected chi connectivity index (χ3v) is 4.29. The largest absolute Gasteiger partial charge is 0.304 e. The average Bonchev–Trinajstić information content (AvgIpc) is 2.54. The maximum Gasteiger partial charge on any atom is 0.304 e. The second kappa shape index (κ2) is 4.59. The lowest BCUT2D eigenvalue weighted by atomic mass is 10.1. The Bertz CT molecular complexity index is 655. The molecule has 19 heavy (non-hydrogen) atoms. The normalized spacial score (nSPS) is 18.3. The third-order valence-electron chi connectivity index (χ3n) is 2.86. The van der Waals surface area contributed by atoms with Gasteiger partial charge in [-0.15, -0.1) is 0 Å². The minimum atomic E-state index is -3.82. The zero-order valence-corrected chi connectivity index (χ0v) is 10.8. The molecule has 0 unspecified atom stereocenters. The van der Waals surface area contributed by atoms with Gasteiger partial charge in [0.25, 0.3) is 5.69 Å². The molecule has 8 nitrogen and oxygen atoms in total. The Kier molecular flexibility index (Phi) is 3.25. The second-order valence-corrected chi connectivity index (χ2v) is 5.79. The van der Waals surface area contributed by atoms with Gasteiger partial charge in [0, 0.05) is 18.2 Å². The molecular formula is C10H11N3O5S. The van der Waals surface area contributed by atoms with Gasteiger partial charge in [-0.3, -0.25) is 14.9 Å². The Labute approximate surface area is 109 Å². The molecule has 0 radical (unpaired) electrons. The van der Waals surface area contributed by atoms with Gasteiger partial charge < -0.3 is 0 Å². The van der Waals surface area contributed by atoms with E-state index in [1.807, 2.05) is 4.72 Å². The molecule has 1 fully saturated rings. The Balaban J connectivity index is 2.33. The van der Waals surface area contributed by atoms with Gasteiger partial charge in [0.05, 0.1) is 11.5 Å². The highest BCUT2D eigenvalue weighted by Crippen LogP contribution is 2.23. The fourth-order valence-electron chi connectivity index (χ4n) is 1.86. The number of benzene rings is 1. The summed E-state index contributed by atoms with van der Waals surface area (Å²) in [6.45, 7) is 1.20. The summed E-state index contributed by atoms with van der Waals surface area (Å²) in [5, 5.41) is 10.8. The molecule has 1 heterocycles. The van der Waals surface area contributed by atoms with Gasteiger partial charge >= 0.3 is 10.2 Å². The zero-order valence-electron chi connectivity index (χ0n) is 9.99. The number of carbonyl (C=O) groups excluding carboxylic acids is 1. The van der Waals surface area contributed by atoms with E-state index in [0.717, 1.165) is 4.31 Å². The quantitative estimate of drug-likeness (QED) is 0.624. The summed E-state index contributed by atoms with van der Waals surface area (Å²) in [4.78, 5) is 21.4. The molecule has 1 amide bonds. The Morgan fingerprint density at radius 3 is 2.68 bits per heavy atom. The first-order chi connectivity index (χ1) is 8.81. The van der Waals surface area contributed by atoms with Gasteiger partial charge in [0.2, 0.25) is 5.91 Å². The Morgan fingerprint density at radius 1 is 1.47 bits per heavy atom. The third kappa shape index (κ3) is 2.56. The summed E-state index contributed by atoms with van der Waals surface area (Å²) in [7, 11) is -3.82. The van der Waals surface area contributed by atoms with E-state index in [-0.39, 0.29) is 18.8 Å². The summed E-state index contributed by atoms with van der Waals surface area (Å²) >= 11 is 0. The van der Waals surface area contributed by atoms with E-state index in [1.54, 1.807) is 13.0 Å². The highest BCUT2D eigenvalue weighted by atomic mass is 32.2. The van der Waals surface area contributed by atoms with E-state index >= 15 is 0 Å². The Morgan fingerprint density at radius 2 is 2.16 bits per heavy atom. The maximum atomic E-state index is 11.6. The van der Waals surface area contributed by atoms with Crippen molar-refractivity contribution in [2.45, 2.75) is 13.5 Å². The van der Waals surface area contributed by atoms with Crippen molar-refractivity contribution in [2.24, 2.45) is 0 Å². The van der Waals surface area contributed by atoms with Gasteiger partial charge in [-0.2, -0.15) is 12.7 Å². The first-order valence-corrected chi connectivity index (χ1v) is 6.79. The molecule has 2 rings (SSSR count). The number of nitrogens with zero attached hydrogens (tertiary/aromatic N) is 2. The van der Waals surface area contributed by atoms with Gasteiger partial charge in [0.15, 0.2) is 0 Å². The topological polar surface area (TPSA) is 110 Å². The molecular weight excluding hydrogens is 274 g/mol. The SMILES string of the molecule is Cc1c(CN2CC(=O)NS2(=O)=O)cccc1[N+](=O)[O-]. The molecule has 1 aromatic carbocycles. The van der Waals surface area contributed by atoms with Crippen molar-refractivity contribution >= 4 is 21.8 Å². The van der Waals surface area contributed by atoms with Crippen molar-refractivity contribution in [1.29, 1.82) is 0 Å². The number of rotatable bonds is 3. The molecule has 0 aliphatic carbocycles. The molecule has 1 aliphatic heterocycles. The van der Waals surface area contributed by atoms with E-state index < -0.39 is 21.0 Å². The fraction of sp³-hybridized carbons (Fsp3) is 0.300. The molecule has 102 valence electrons. The molecule has 0 aromatic heterocycles. The molecule has 0 saturated carbocycles. The smallest absolute Gasteiger partial charge is 0.272 e. The average molecular weight is 285 g/mol. The van der Waals surface area contributed by atoms with Crippen LogP contribution in [0.4, 0.5) is 5.69 Å². The number of carbonyl (C=O) groups is 1. The van der Waals surface area contributed by atoms with Crippen molar-refractivity contribution in [3.8, 4) is 0 Å². The minimum absolute atomic E-state index is 0.0748. The van der Waals surface area contributed by atoms with Crippen LogP contribution in [0.3, 0.4) is 0 Å². The van der Waals surface area contributed by atoms with Crippen LogP contribution in [0.5, 0.6) is 0 Å². The van der Waals surface area contributed by atoms with Crippen molar-refractivity contribution in [1.82, 2.24) is 9.03 Å². The molecule has 1 aromatic rings. The maximum absolute atomic E-state index is 11.6. The zero-order chi connectivity index (χ0) is 14.2. The molecule has 0 spiro atoms. The molecule has 0 atom stereocenters. The number of nitrogens with one attached hydrogen (secondary N) is 1. The van der Waals surface area contributed by atoms with Crippen LogP contribution in [0.1, 0.15) is 11.1 Å². The fourth-order valence-corrected chi connectivity index (χ4v) is 2.93. The first kappa shape index (κ1) is 13.4. The highest BCUT2D eigenvalue weighted by Gasteiger charge is 2.34. The number of amides is 1. The van der Waals surface area contributed by atoms with Crippen LogP contribution in [0.15, 0.2) is 18.2 Å². The van der Waals surface area contributed by atoms with E-state index in [1.165, 1.54) is 12.1 Å². The molecule has 1 saturated heterocycles. The predicted molar refractivity (Wildman–Crippen MR) is 65.3 cm³/mol. The standard InChI is InChI=1S/C10H11N3O5S/c1-7-8(3-2-4-9(7)13(15)16)5-12-6-10(14)11-19(12,17)18/h2-4H,5-6H2,1H3,(H,11,14). The first-order valence-electron chi connectivity index (χ1n) is 5.35. The van der Waals surface area contributed by atoms with Crippen LogP contribution in [0.25, 0.3) is 0 Å². The summed E-state index contributed by atoms with van der Waals surface area (Å²) in [6, 6.07) is 4.43. The Hall–Kier alpha value is -2.00. The lowest BCUT2D eigenvalue weighted by molar-refractivity contribution is -0.385. The minimum Gasteiger partial charge on any atom is -0.272 e. The number of nitro benzene ring substituents is 1. The lowest BCUT2D eigenvalue weighted by Crippen LogP contribution is -2.29. The van der Waals surface area contributed by atoms with Crippen LogP contribution < -0.4 is 4.72 Å². The van der Waals surface area contributed by atoms with E-state index in [0.29, 0.717) is 11.1 Å². The van der Waals surface area contributed by atoms with Crippen molar-refractivity contribution in [2.75, 3.05) is 6.54 Å². The van der Waals surface area contributed by atoms with E-state index in [2.05, 4.69) is 0 Å². The summed E-state index contributed by atoms with van der Waals surface area (Å²) in [6.07, 6.45) is 0. The van der Waals surface area contributed by atoms with Crippen molar-refractivity contribution in [3.63, 3.8) is 0 Å². The van der Waals surface area contributed by atoms with Crippen LogP contribution in [0, 0.1) is 17.0 Å². The van der Waals surface area contributed by atoms with Crippen LogP contribution in [-0.4, -0.2) is 30.1 Å². The van der Waals surface area contributed by atoms with E-state index in [9.17, 15) is 23.3 Å². The monoisotopic (exact) mass is 285 g/mol. The van der Waals surface area contributed by atoms with Gasteiger partial charge in [-0.25, -0.2) is 4.72 Å². The number of hydrogen-bond donors (Lipinski definition) is 1. The van der Waals surface area contributed by atoms with Crippen LogP contribution in [0.2, 0.25) is 0 Å². The summed E-state index contributed by atoms with van der Waals surface area (Å²) < 4.78 is 25.9. The summed E-state index contributed by atoms with van der Waals surface area (Å²) in [5.74, 6) is -0.608. The van der Waals surface area contributed by atoms with Crippen LogP contribution >= 0.6 is 0 Å². The second-order valence-electron chi connectivity index (χ2n) is 4.12.